The maximum Gasteiger partial charge on any atom is 0.244 e. The normalized spacial score (nSPS) is 19.4. The number of piperidine rings is 1. The molecule has 0 amide bonds. The van der Waals surface area contributed by atoms with Crippen molar-refractivity contribution in [1.29, 1.82) is 0 Å². The highest BCUT2D eigenvalue weighted by atomic mass is 79.9. The summed E-state index contributed by atoms with van der Waals surface area (Å²) in [6.45, 7) is 9.85. The molecule has 114 valence electrons. The van der Waals surface area contributed by atoms with Crippen molar-refractivity contribution in [2.24, 2.45) is 11.3 Å². The van der Waals surface area contributed by atoms with E-state index in [4.69, 9.17) is 0 Å². The molecule has 6 heteroatoms. The van der Waals surface area contributed by atoms with Gasteiger partial charge in [-0.05, 0) is 53.1 Å². The Hall–Kier alpha value is 0.0900. The molecule has 2 heterocycles. The summed E-state index contributed by atoms with van der Waals surface area (Å²) in [5.41, 5.74) is 0.261. The zero-order chi connectivity index (χ0) is 15.1. The first-order chi connectivity index (χ1) is 9.12. The highest BCUT2D eigenvalue weighted by Crippen LogP contribution is 2.37. The van der Waals surface area contributed by atoms with Gasteiger partial charge in [0.15, 0.2) is 0 Å². The number of halogens is 1. The summed E-state index contributed by atoms with van der Waals surface area (Å²) in [6, 6.07) is 1.73. The second-order valence-corrected chi connectivity index (χ2v) is 11.1. The van der Waals surface area contributed by atoms with Gasteiger partial charge in [-0.3, -0.25) is 0 Å². The molecule has 0 N–H and O–H groups in total. The molecule has 0 atom stereocenters. The molecule has 3 nitrogen and oxygen atoms in total. The van der Waals surface area contributed by atoms with Gasteiger partial charge in [0, 0.05) is 18.0 Å². The Morgan fingerprint density at radius 1 is 1.30 bits per heavy atom. The fraction of sp³-hybridized carbons (Fsp3) is 0.714. The third-order valence-corrected chi connectivity index (χ3v) is 7.85. The highest BCUT2D eigenvalue weighted by Gasteiger charge is 2.34. The Morgan fingerprint density at radius 2 is 1.85 bits per heavy atom. The molecule has 0 radical (unpaired) electrons. The van der Waals surface area contributed by atoms with Crippen LogP contribution in [0.4, 0.5) is 0 Å². The van der Waals surface area contributed by atoms with Gasteiger partial charge in [0.05, 0.1) is 8.68 Å². The SMILES string of the molecule is Cc1sc(Br)cc1S(=O)(=O)N1CCC(C(C)(C)C)CC1. The Morgan fingerprint density at radius 3 is 2.25 bits per heavy atom. The summed E-state index contributed by atoms with van der Waals surface area (Å²) in [5, 5.41) is 0. The van der Waals surface area contributed by atoms with E-state index in [-0.39, 0.29) is 5.41 Å². The summed E-state index contributed by atoms with van der Waals surface area (Å²) >= 11 is 4.85. The summed E-state index contributed by atoms with van der Waals surface area (Å²) in [5.74, 6) is 0.601. The smallest absolute Gasteiger partial charge is 0.207 e. The van der Waals surface area contributed by atoms with Gasteiger partial charge in [0.1, 0.15) is 0 Å². The van der Waals surface area contributed by atoms with E-state index in [0.29, 0.717) is 23.9 Å². The van der Waals surface area contributed by atoms with Gasteiger partial charge in [-0.2, -0.15) is 4.31 Å². The van der Waals surface area contributed by atoms with Crippen molar-refractivity contribution in [3.05, 3.63) is 14.7 Å². The molecule has 0 aromatic carbocycles. The third-order valence-electron chi connectivity index (χ3n) is 4.14. The van der Waals surface area contributed by atoms with Crippen LogP contribution in [-0.2, 0) is 10.0 Å². The first-order valence-corrected chi connectivity index (χ1v) is 9.93. The Balaban J connectivity index is 2.16. The van der Waals surface area contributed by atoms with Gasteiger partial charge in [0.25, 0.3) is 0 Å². The van der Waals surface area contributed by atoms with Crippen LogP contribution in [0, 0.1) is 18.3 Å². The van der Waals surface area contributed by atoms with Gasteiger partial charge in [-0.1, -0.05) is 20.8 Å². The molecule has 0 aliphatic carbocycles. The third kappa shape index (κ3) is 3.29. The fourth-order valence-corrected chi connectivity index (χ4v) is 6.64. The van der Waals surface area contributed by atoms with Crippen LogP contribution in [-0.4, -0.2) is 25.8 Å². The minimum atomic E-state index is -3.33. The second-order valence-electron chi connectivity index (χ2n) is 6.52. The molecule has 0 spiro atoms. The van der Waals surface area contributed by atoms with Crippen molar-refractivity contribution < 1.29 is 8.42 Å². The van der Waals surface area contributed by atoms with E-state index in [9.17, 15) is 8.42 Å². The van der Waals surface area contributed by atoms with E-state index in [0.717, 1.165) is 21.5 Å². The van der Waals surface area contributed by atoms with E-state index in [1.54, 1.807) is 10.4 Å². The predicted octanol–water partition coefficient (Wildman–Crippen LogP) is 4.27. The number of hydrogen-bond donors (Lipinski definition) is 0. The van der Waals surface area contributed by atoms with Crippen molar-refractivity contribution in [2.75, 3.05) is 13.1 Å². The first kappa shape index (κ1) is 16.5. The molecular weight excluding hydrogens is 358 g/mol. The number of rotatable bonds is 2. The summed E-state index contributed by atoms with van der Waals surface area (Å²) in [6.07, 6.45) is 1.90. The highest BCUT2D eigenvalue weighted by molar-refractivity contribution is 9.11. The second kappa shape index (κ2) is 5.71. The van der Waals surface area contributed by atoms with Crippen LogP contribution in [0.3, 0.4) is 0 Å². The van der Waals surface area contributed by atoms with Gasteiger partial charge < -0.3 is 0 Å². The minimum absolute atomic E-state index is 0.261. The van der Waals surface area contributed by atoms with Gasteiger partial charge in [-0.25, -0.2) is 8.42 Å². The van der Waals surface area contributed by atoms with Crippen molar-refractivity contribution in [3.63, 3.8) is 0 Å². The maximum atomic E-state index is 12.7. The largest absolute Gasteiger partial charge is 0.244 e. The number of aryl methyl sites for hydroxylation is 1. The Labute approximate surface area is 134 Å². The van der Waals surface area contributed by atoms with Gasteiger partial charge >= 0.3 is 0 Å². The summed E-state index contributed by atoms with van der Waals surface area (Å²) in [7, 11) is -3.33. The molecule has 0 saturated carbocycles. The fourth-order valence-electron chi connectivity index (χ4n) is 2.79. The molecule has 1 aliphatic heterocycles. The lowest BCUT2D eigenvalue weighted by Crippen LogP contribution is -2.41. The lowest BCUT2D eigenvalue weighted by molar-refractivity contribution is 0.154. The van der Waals surface area contributed by atoms with Crippen LogP contribution >= 0.6 is 27.3 Å². The van der Waals surface area contributed by atoms with Crippen LogP contribution < -0.4 is 0 Å². The van der Waals surface area contributed by atoms with E-state index >= 15 is 0 Å². The molecule has 1 saturated heterocycles. The molecule has 1 aromatic heterocycles. The van der Waals surface area contributed by atoms with Crippen LogP contribution in [0.15, 0.2) is 14.7 Å². The average Bonchev–Trinajstić information content (AvgIpc) is 2.68. The van der Waals surface area contributed by atoms with Crippen LogP contribution in [0.25, 0.3) is 0 Å². The van der Waals surface area contributed by atoms with Crippen molar-refractivity contribution in [1.82, 2.24) is 4.31 Å². The summed E-state index contributed by atoms with van der Waals surface area (Å²) in [4.78, 5) is 1.32. The van der Waals surface area contributed by atoms with Crippen LogP contribution in [0.1, 0.15) is 38.5 Å². The average molecular weight is 380 g/mol. The van der Waals surface area contributed by atoms with Gasteiger partial charge in [0.2, 0.25) is 10.0 Å². The molecule has 0 unspecified atom stereocenters. The standard InChI is InChI=1S/C14H22BrNO2S2/c1-10-12(9-13(15)19-10)20(17,18)16-7-5-11(6-8-16)14(2,3)4/h9,11H,5-8H2,1-4H3. The van der Waals surface area contributed by atoms with E-state index < -0.39 is 10.0 Å². The number of thiophene rings is 1. The lowest BCUT2D eigenvalue weighted by Gasteiger charge is -2.38. The molecule has 1 aromatic rings. The van der Waals surface area contributed by atoms with Gasteiger partial charge in [-0.15, -0.1) is 11.3 Å². The van der Waals surface area contributed by atoms with E-state index in [1.807, 2.05) is 6.92 Å². The molecular formula is C14H22BrNO2S2. The van der Waals surface area contributed by atoms with E-state index in [1.165, 1.54) is 11.3 Å². The number of sulfonamides is 1. The Bertz CT molecular complexity index is 579. The number of hydrogen-bond acceptors (Lipinski definition) is 3. The first-order valence-electron chi connectivity index (χ1n) is 6.88. The molecule has 2 rings (SSSR count). The van der Waals surface area contributed by atoms with Crippen molar-refractivity contribution >= 4 is 37.3 Å². The molecule has 20 heavy (non-hydrogen) atoms. The monoisotopic (exact) mass is 379 g/mol. The van der Waals surface area contributed by atoms with Crippen molar-refractivity contribution in [2.45, 2.75) is 45.4 Å². The minimum Gasteiger partial charge on any atom is -0.207 e. The zero-order valence-electron chi connectivity index (χ0n) is 12.4. The molecule has 0 bridgehead atoms. The topological polar surface area (TPSA) is 37.4 Å². The van der Waals surface area contributed by atoms with Crippen molar-refractivity contribution in [3.8, 4) is 0 Å². The van der Waals surface area contributed by atoms with Crippen LogP contribution in [0.5, 0.6) is 0 Å². The number of nitrogens with zero attached hydrogens (tertiary/aromatic N) is 1. The zero-order valence-corrected chi connectivity index (χ0v) is 15.7. The van der Waals surface area contributed by atoms with E-state index in [2.05, 4.69) is 36.7 Å². The summed E-state index contributed by atoms with van der Waals surface area (Å²) < 4.78 is 27.9. The Kier molecular flexibility index (Phi) is 4.70. The predicted molar refractivity (Wildman–Crippen MR) is 87.7 cm³/mol. The van der Waals surface area contributed by atoms with Crippen LogP contribution in [0.2, 0.25) is 0 Å². The quantitative estimate of drug-likeness (QED) is 0.769. The lowest BCUT2D eigenvalue weighted by atomic mass is 9.76. The molecule has 1 aliphatic rings. The maximum absolute atomic E-state index is 12.7. The molecule has 1 fully saturated rings.